The summed E-state index contributed by atoms with van der Waals surface area (Å²) >= 11 is 0. The molecule has 3 amide bonds. The number of hydrogen-bond donors (Lipinski definition) is 5. The van der Waals surface area contributed by atoms with Crippen molar-refractivity contribution in [3.63, 3.8) is 0 Å². The Morgan fingerprint density at radius 3 is 2.39 bits per heavy atom. The van der Waals surface area contributed by atoms with Crippen molar-refractivity contribution in [3.8, 4) is 0 Å². The Bertz CT molecular complexity index is 1300. The van der Waals surface area contributed by atoms with Gasteiger partial charge in [0.25, 0.3) is 0 Å². The topological polar surface area (TPSA) is 155 Å². The van der Waals surface area contributed by atoms with E-state index in [9.17, 15) is 27.6 Å². The van der Waals surface area contributed by atoms with Gasteiger partial charge in [0.05, 0.1) is 23.5 Å². The van der Waals surface area contributed by atoms with Crippen LogP contribution in [0.15, 0.2) is 42.6 Å². The van der Waals surface area contributed by atoms with Crippen LogP contribution in [0.4, 0.5) is 13.2 Å². The van der Waals surface area contributed by atoms with Gasteiger partial charge in [-0.05, 0) is 48.4 Å². The van der Waals surface area contributed by atoms with E-state index in [1.807, 2.05) is 23.1 Å². The van der Waals surface area contributed by atoms with Crippen LogP contribution in [0, 0.1) is 0 Å². The average molecular weight is 576 g/mol. The monoisotopic (exact) mass is 575 g/mol. The fraction of sp³-hybridized carbons (Fsp3) is 0.429. The molecule has 0 saturated heterocycles. The first-order valence-electron chi connectivity index (χ1n) is 13.4. The summed E-state index contributed by atoms with van der Waals surface area (Å²) in [5.41, 5.74) is 10.4. The number of benzene rings is 1. The minimum atomic E-state index is -4.55. The van der Waals surface area contributed by atoms with Crippen LogP contribution in [-0.4, -0.2) is 72.9 Å². The van der Waals surface area contributed by atoms with Crippen molar-refractivity contribution in [2.24, 2.45) is 11.5 Å². The summed E-state index contributed by atoms with van der Waals surface area (Å²) in [4.78, 5) is 44.6. The highest BCUT2D eigenvalue weighted by Crippen LogP contribution is 2.30. The summed E-state index contributed by atoms with van der Waals surface area (Å²) < 4.78 is 39.3. The molecule has 0 spiro atoms. The number of nitrogens with one attached hydrogen (secondary N) is 3. The van der Waals surface area contributed by atoms with Gasteiger partial charge >= 0.3 is 6.18 Å². The third-order valence-electron chi connectivity index (χ3n) is 6.50. The van der Waals surface area contributed by atoms with Gasteiger partial charge in [-0.3, -0.25) is 19.4 Å². The Labute approximate surface area is 236 Å². The minimum Gasteiger partial charge on any atom is -0.347 e. The molecule has 0 bridgehead atoms. The van der Waals surface area contributed by atoms with Crippen molar-refractivity contribution < 1.29 is 27.6 Å². The van der Waals surface area contributed by atoms with Gasteiger partial charge in [0.1, 0.15) is 6.04 Å². The fourth-order valence-corrected chi connectivity index (χ4v) is 4.44. The van der Waals surface area contributed by atoms with Crippen molar-refractivity contribution >= 4 is 29.9 Å². The number of hydrogen-bond acceptors (Lipinski definition) is 7. The summed E-state index contributed by atoms with van der Waals surface area (Å²) in [6.07, 6.45) is 1.97. The molecule has 1 aliphatic rings. The molecule has 222 valence electrons. The van der Waals surface area contributed by atoms with E-state index in [1.54, 1.807) is 12.3 Å². The summed E-state index contributed by atoms with van der Waals surface area (Å²) in [5, 5.41) is 9.51. The van der Waals surface area contributed by atoms with Crippen LogP contribution in [0.5, 0.6) is 0 Å². The molecule has 2 unspecified atom stereocenters. The lowest BCUT2D eigenvalue weighted by Crippen LogP contribution is -2.47. The largest absolute Gasteiger partial charge is 0.416 e. The molecule has 0 saturated carbocycles. The summed E-state index contributed by atoms with van der Waals surface area (Å²) in [6, 6.07) is 5.92. The zero-order chi connectivity index (χ0) is 29.8. The minimum absolute atomic E-state index is 0.164. The van der Waals surface area contributed by atoms with E-state index in [4.69, 9.17) is 11.5 Å². The number of carbonyl (C=O) groups excluding carboxylic acids is 3. The van der Waals surface area contributed by atoms with E-state index in [2.05, 4.69) is 20.9 Å². The number of pyridine rings is 1. The maximum atomic E-state index is 13.3. The fourth-order valence-electron chi connectivity index (χ4n) is 4.44. The Hall–Kier alpha value is -3.81. The lowest BCUT2D eigenvalue weighted by molar-refractivity contribution is -0.137. The number of alkyl halides is 3. The van der Waals surface area contributed by atoms with E-state index in [0.717, 1.165) is 34.8 Å². The molecular weight excluding hydrogens is 539 g/mol. The van der Waals surface area contributed by atoms with Crippen LogP contribution < -0.4 is 38.0 Å². The molecule has 13 heteroatoms. The molecule has 41 heavy (non-hydrogen) atoms. The van der Waals surface area contributed by atoms with E-state index in [0.29, 0.717) is 45.6 Å². The number of carbonyl (C=O) groups is 3. The number of halogens is 3. The number of amides is 3. The molecule has 1 aromatic heterocycles. The molecule has 0 radical (unpaired) electrons. The Morgan fingerprint density at radius 1 is 1.02 bits per heavy atom. The maximum absolute atomic E-state index is 13.3. The lowest BCUT2D eigenvalue weighted by Gasteiger charge is -2.23. The van der Waals surface area contributed by atoms with Crippen LogP contribution in [0.2, 0.25) is 0 Å². The van der Waals surface area contributed by atoms with Crippen LogP contribution >= 0.6 is 0 Å². The molecule has 10 nitrogen and oxygen atoms in total. The average Bonchev–Trinajstić information content (AvgIpc) is 2.94. The summed E-state index contributed by atoms with van der Waals surface area (Å²) in [6.45, 7) is 2.49. The smallest absolute Gasteiger partial charge is 0.347 e. The SMILES string of the molecule is NCCN(CCN)CCCC(=O)NCC(=O)NC(C(=O)NC1C=c2cccnc2=CC1)c1ccc(C(F)(F)F)cc1. The highest BCUT2D eigenvalue weighted by atomic mass is 19.4. The Kier molecular flexibility index (Phi) is 11.8. The van der Waals surface area contributed by atoms with Gasteiger partial charge in [-0.25, -0.2) is 0 Å². The highest BCUT2D eigenvalue weighted by Gasteiger charge is 2.31. The predicted octanol–water partition coefficient (Wildman–Crippen LogP) is -0.477. The van der Waals surface area contributed by atoms with Gasteiger partial charge < -0.3 is 32.3 Å². The van der Waals surface area contributed by atoms with E-state index >= 15 is 0 Å². The van der Waals surface area contributed by atoms with Crippen molar-refractivity contribution in [2.45, 2.75) is 37.5 Å². The zero-order valence-electron chi connectivity index (χ0n) is 22.6. The normalized spacial score (nSPS) is 15.2. The summed E-state index contributed by atoms with van der Waals surface area (Å²) in [7, 11) is 0. The molecule has 7 N–H and O–H groups in total. The molecule has 0 aliphatic heterocycles. The second-order valence-electron chi connectivity index (χ2n) is 9.62. The van der Waals surface area contributed by atoms with E-state index in [-0.39, 0.29) is 17.9 Å². The van der Waals surface area contributed by atoms with Gasteiger partial charge in [0.15, 0.2) is 0 Å². The predicted molar refractivity (Wildman–Crippen MR) is 148 cm³/mol. The first-order chi connectivity index (χ1) is 19.6. The number of rotatable bonds is 14. The Balaban J connectivity index is 1.63. The van der Waals surface area contributed by atoms with Crippen LogP contribution in [0.25, 0.3) is 12.2 Å². The second kappa shape index (κ2) is 15.3. The molecule has 1 aliphatic carbocycles. The van der Waals surface area contributed by atoms with Gasteiger partial charge in [-0.15, -0.1) is 0 Å². The van der Waals surface area contributed by atoms with Crippen molar-refractivity contribution in [1.29, 1.82) is 0 Å². The quantitative estimate of drug-likeness (QED) is 0.204. The molecule has 2 atom stereocenters. The maximum Gasteiger partial charge on any atom is 0.416 e. The number of fused-ring (bicyclic) bond motifs is 1. The first kappa shape index (κ1) is 31.7. The van der Waals surface area contributed by atoms with Gasteiger partial charge in [0.2, 0.25) is 17.7 Å². The number of nitrogens with zero attached hydrogens (tertiary/aromatic N) is 2. The molecular formula is C28H36F3N7O3. The van der Waals surface area contributed by atoms with Crippen LogP contribution in [-0.2, 0) is 20.6 Å². The first-order valence-corrected chi connectivity index (χ1v) is 13.4. The third-order valence-corrected chi connectivity index (χ3v) is 6.50. The molecule has 2 aromatic rings. The van der Waals surface area contributed by atoms with Crippen LogP contribution in [0.3, 0.4) is 0 Å². The van der Waals surface area contributed by atoms with Crippen molar-refractivity contribution in [3.05, 3.63) is 64.3 Å². The molecule has 1 heterocycles. The third kappa shape index (κ3) is 9.95. The van der Waals surface area contributed by atoms with Crippen molar-refractivity contribution in [1.82, 2.24) is 25.8 Å². The second-order valence-corrected chi connectivity index (χ2v) is 9.62. The van der Waals surface area contributed by atoms with E-state index < -0.39 is 42.2 Å². The number of aromatic nitrogens is 1. The Morgan fingerprint density at radius 2 is 1.73 bits per heavy atom. The summed E-state index contributed by atoms with van der Waals surface area (Å²) in [5.74, 6) is -1.62. The lowest BCUT2D eigenvalue weighted by atomic mass is 10.0. The standard InChI is InChI=1S/C28H36F3N7O3/c29-28(30,31)21-7-5-19(6-8-21)26(27(41)36-22-9-10-23-20(17-22)3-1-13-34-23)37-25(40)18-35-24(39)4-2-14-38(15-11-32)16-12-33/h1,3,5-8,10,13,17,22,26H,2,4,9,11-12,14-16,18,32-33H2,(H,35,39)(H,36,41)(H,37,40). The molecule has 1 aromatic carbocycles. The van der Waals surface area contributed by atoms with Gasteiger partial charge in [-0.1, -0.05) is 30.4 Å². The molecule has 0 fully saturated rings. The van der Waals surface area contributed by atoms with Gasteiger partial charge in [0, 0.05) is 38.8 Å². The van der Waals surface area contributed by atoms with Crippen molar-refractivity contribution in [2.75, 3.05) is 39.3 Å². The zero-order valence-corrected chi connectivity index (χ0v) is 22.6. The van der Waals surface area contributed by atoms with Gasteiger partial charge in [-0.2, -0.15) is 13.2 Å². The molecule has 3 rings (SSSR count). The van der Waals surface area contributed by atoms with Crippen LogP contribution in [0.1, 0.15) is 36.4 Å². The highest BCUT2D eigenvalue weighted by molar-refractivity contribution is 5.91. The van der Waals surface area contributed by atoms with E-state index in [1.165, 1.54) is 0 Å². The number of nitrogens with two attached hydrogens (primary N) is 2.